The summed E-state index contributed by atoms with van der Waals surface area (Å²) in [6.07, 6.45) is 2.48. The zero-order valence-electron chi connectivity index (χ0n) is 13.4. The molecule has 1 saturated heterocycles. The number of hydrogen-bond donors (Lipinski definition) is 1. The summed E-state index contributed by atoms with van der Waals surface area (Å²) in [4.78, 5) is 24.7. The molecular weight excluding hydrogens is 304 g/mol. The van der Waals surface area contributed by atoms with E-state index >= 15 is 0 Å². The number of hydrogen-bond acceptors (Lipinski definition) is 3. The Bertz CT molecular complexity index is 678. The molecule has 2 aromatic carbocycles. The molecule has 1 aliphatic rings. The van der Waals surface area contributed by atoms with Crippen LogP contribution < -0.4 is 10.1 Å². The highest BCUT2D eigenvalue weighted by molar-refractivity contribution is 5.89. The number of amides is 2. The van der Waals surface area contributed by atoms with Gasteiger partial charge in [-0.25, -0.2) is 4.79 Å². The van der Waals surface area contributed by atoms with Gasteiger partial charge < -0.3 is 15.0 Å². The third-order valence-electron chi connectivity index (χ3n) is 4.07. The summed E-state index contributed by atoms with van der Waals surface area (Å²) in [7, 11) is 0. The van der Waals surface area contributed by atoms with Crippen molar-refractivity contribution in [3.8, 4) is 5.75 Å². The molecule has 2 aromatic rings. The molecule has 5 heteroatoms. The number of nitrogens with one attached hydrogen (secondary N) is 1. The van der Waals surface area contributed by atoms with Crippen LogP contribution in [0.1, 0.15) is 23.2 Å². The van der Waals surface area contributed by atoms with Crippen molar-refractivity contribution in [2.75, 3.05) is 18.4 Å². The van der Waals surface area contributed by atoms with Crippen LogP contribution in [0.25, 0.3) is 0 Å². The third-order valence-corrected chi connectivity index (χ3v) is 4.07. The van der Waals surface area contributed by atoms with Gasteiger partial charge in [0.05, 0.1) is 0 Å². The van der Waals surface area contributed by atoms with Crippen LogP contribution in [0.5, 0.6) is 5.75 Å². The van der Waals surface area contributed by atoms with Gasteiger partial charge in [-0.1, -0.05) is 18.2 Å². The van der Waals surface area contributed by atoms with Crippen molar-refractivity contribution in [2.24, 2.45) is 0 Å². The maximum absolute atomic E-state index is 12.2. The number of para-hydroxylation sites is 1. The van der Waals surface area contributed by atoms with E-state index in [0.717, 1.165) is 30.6 Å². The zero-order chi connectivity index (χ0) is 16.8. The highest BCUT2D eigenvalue weighted by Crippen LogP contribution is 2.20. The highest BCUT2D eigenvalue weighted by atomic mass is 16.5. The van der Waals surface area contributed by atoms with E-state index in [0.29, 0.717) is 18.7 Å². The van der Waals surface area contributed by atoms with E-state index in [2.05, 4.69) is 5.32 Å². The second-order valence-corrected chi connectivity index (χ2v) is 5.79. The molecule has 0 spiro atoms. The van der Waals surface area contributed by atoms with Gasteiger partial charge in [0.1, 0.15) is 18.1 Å². The van der Waals surface area contributed by atoms with Crippen molar-refractivity contribution in [3.05, 3.63) is 60.2 Å². The summed E-state index contributed by atoms with van der Waals surface area (Å²) in [5, 5.41) is 2.90. The number of aldehydes is 1. The van der Waals surface area contributed by atoms with Gasteiger partial charge in [0.2, 0.25) is 0 Å². The molecule has 3 rings (SSSR count). The van der Waals surface area contributed by atoms with Gasteiger partial charge in [0.25, 0.3) is 0 Å². The number of likely N-dealkylation sites (tertiary alicyclic amines) is 1. The van der Waals surface area contributed by atoms with Crippen molar-refractivity contribution >= 4 is 18.0 Å². The van der Waals surface area contributed by atoms with E-state index in [-0.39, 0.29) is 12.1 Å². The number of benzene rings is 2. The molecule has 0 radical (unpaired) electrons. The van der Waals surface area contributed by atoms with Crippen LogP contribution in [0.2, 0.25) is 0 Å². The SMILES string of the molecule is O=Cc1ccc(OC2CCN(C(=O)Nc3ccccc3)CC2)cc1. The molecule has 2 amide bonds. The first kappa shape index (κ1) is 16.1. The Morgan fingerprint density at radius 1 is 1.04 bits per heavy atom. The number of piperidine rings is 1. The summed E-state index contributed by atoms with van der Waals surface area (Å²) in [5.74, 6) is 0.757. The van der Waals surface area contributed by atoms with Crippen LogP contribution in [0.4, 0.5) is 10.5 Å². The average Bonchev–Trinajstić information content (AvgIpc) is 2.64. The van der Waals surface area contributed by atoms with E-state index in [1.165, 1.54) is 0 Å². The third kappa shape index (κ3) is 4.13. The lowest BCUT2D eigenvalue weighted by Crippen LogP contribution is -2.43. The Morgan fingerprint density at radius 2 is 1.71 bits per heavy atom. The maximum Gasteiger partial charge on any atom is 0.321 e. The first-order valence-corrected chi connectivity index (χ1v) is 8.07. The monoisotopic (exact) mass is 324 g/mol. The summed E-state index contributed by atoms with van der Waals surface area (Å²) >= 11 is 0. The normalized spacial score (nSPS) is 14.9. The predicted octanol–water partition coefficient (Wildman–Crippen LogP) is 3.57. The Labute approximate surface area is 141 Å². The van der Waals surface area contributed by atoms with Gasteiger partial charge >= 0.3 is 6.03 Å². The quantitative estimate of drug-likeness (QED) is 0.875. The van der Waals surface area contributed by atoms with E-state index < -0.39 is 0 Å². The standard InChI is InChI=1S/C19H20N2O3/c22-14-15-6-8-17(9-7-15)24-18-10-12-21(13-11-18)19(23)20-16-4-2-1-3-5-16/h1-9,14,18H,10-13H2,(H,20,23). The van der Waals surface area contributed by atoms with E-state index in [9.17, 15) is 9.59 Å². The Morgan fingerprint density at radius 3 is 2.33 bits per heavy atom. The van der Waals surface area contributed by atoms with Crippen molar-refractivity contribution in [1.29, 1.82) is 0 Å². The summed E-state index contributed by atoms with van der Waals surface area (Å²) in [6, 6.07) is 16.5. The molecule has 1 N–H and O–H groups in total. The van der Waals surface area contributed by atoms with Crippen molar-refractivity contribution in [2.45, 2.75) is 18.9 Å². The van der Waals surface area contributed by atoms with Crippen LogP contribution in [0.15, 0.2) is 54.6 Å². The first-order valence-electron chi connectivity index (χ1n) is 8.07. The van der Waals surface area contributed by atoms with Crippen LogP contribution in [0.3, 0.4) is 0 Å². The van der Waals surface area contributed by atoms with Gasteiger partial charge in [0.15, 0.2) is 0 Å². The van der Waals surface area contributed by atoms with Crippen molar-refractivity contribution in [3.63, 3.8) is 0 Å². The fourth-order valence-electron chi connectivity index (χ4n) is 2.72. The Kier molecular flexibility index (Phi) is 5.11. The van der Waals surface area contributed by atoms with Gasteiger partial charge in [-0.3, -0.25) is 4.79 Å². The van der Waals surface area contributed by atoms with Gasteiger partial charge in [-0.15, -0.1) is 0 Å². The Balaban J connectivity index is 1.48. The molecule has 124 valence electrons. The number of anilines is 1. The first-order chi connectivity index (χ1) is 11.7. The van der Waals surface area contributed by atoms with Gasteiger partial charge in [-0.2, -0.15) is 0 Å². The minimum Gasteiger partial charge on any atom is -0.490 e. The van der Waals surface area contributed by atoms with E-state index in [1.54, 1.807) is 24.3 Å². The lowest BCUT2D eigenvalue weighted by molar-refractivity contribution is 0.112. The number of nitrogens with zero attached hydrogens (tertiary/aromatic N) is 1. The summed E-state index contributed by atoms with van der Waals surface area (Å²) in [5.41, 5.74) is 1.44. The fraction of sp³-hybridized carbons (Fsp3) is 0.263. The number of ether oxygens (including phenoxy) is 1. The lowest BCUT2D eigenvalue weighted by atomic mass is 10.1. The fourth-order valence-corrected chi connectivity index (χ4v) is 2.72. The van der Waals surface area contributed by atoms with Crippen LogP contribution in [0, 0.1) is 0 Å². The molecule has 24 heavy (non-hydrogen) atoms. The van der Waals surface area contributed by atoms with E-state index in [4.69, 9.17) is 4.74 Å². The minimum absolute atomic E-state index is 0.0741. The molecule has 1 fully saturated rings. The summed E-state index contributed by atoms with van der Waals surface area (Å²) < 4.78 is 5.93. The minimum atomic E-state index is -0.0741. The molecule has 0 bridgehead atoms. The molecule has 0 aromatic heterocycles. The smallest absolute Gasteiger partial charge is 0.321 e. The zero-order valence-corrected chi connectivity index (χ0v) is 13.4. The van der Waals surface area contributed by atoms with Crippen LogP contribution >= 0.6 is 0 Å². The molecule has 5 nitrogen and oxygen atoms in total. The topological polar surface area (TPSA) is 58.6 Å². The predicted molar refractivity (Wildman–Crippen MR) is 92.5 cm³/mol. The van der Waals surface area contributed by atoms with Crippen LogP contribution in [-0.4, -0.2) is 36.4 Å². The number of rotatable bonds is 4. The molecule has 0 saturated carbocycles. The molecule has 0 aliphatic carbocycles. The molecule has 0 unspecified atom stereocenters. The average molecular weight is 324 g/mol. The second kappa shape index (κ2) is 7.64. The maximum atomic E-state index is 12.2. The van der Waals surface area contributed by atoms with Crippen LogP contribution in [-0.2, 0) is 0 Å². The Hall–Kier alpha value is -2.82. The molecule has 1 heterocycles. The van der Waals surface area contributed by atoms with E-state index in [1.807, 2.05) is 35.2 Å². The highest BCUT2D eigenvalue weighted by Gasteiger charge is 2.23. The van der Waals surface area contributed by atoms with Crippen molar-refractivity contribution in [1.82, 2.24) is 4.90 Å². The number of carbonyl (C=O) groups excluding carboxylic acids is 2. The molecule has 1 aliphatic heterocycles. The largest absolute Gasteiger partial charge is 0.490 e. The molecular formula is C19H20N2O3. The van der Waals surface area contributed by atoms with Gasteiger partial charge in [-0.05, 0) is 36.4 Å². The summed E-state index contributed by atoms with van der Waals surface area (Å²) in [6.45, 7) is 1.32. The van der Waals surface area contributed by atoms with Gasteiger partial charge in [0, 0.05) is 37.2 Å². The lowest BCUT2D eigenvalue weighted by Gasteiger charge is -2.32. The molecule has 0 atom stereocenters. The second-order valence-electron chi connectivity index (χ2n) is 5.79. The number of urea groups is 1. The number of carbonyl (C=O) groups is 2. The van der Waals surface area contributed by atoms with Crippen molar-refractivity contribution < 1.29 is 14.3 Å².